The first-order valence-corrected chi connectivity index (χ1v) is 10.7. The number of phenolic OH excluding ortho intramolecular Hbond substituents is 1. The molecule has 1 saturated heterocycles. The van der Waals surface area contributed by atoms with Gasteiger partial charge in [0.05, 0.1) is 0 Å². The third-order valence-corrected chi connectivity index (χ3v) is 6.65. The molecule has 1 aliphatic rings. The Morgan fingerprint density at radius 1 is 1.07 bits per heavy atom. The van der Waals surface area contributed by atoms with E-state index in [2.05, 4.69) is 0 Å². The molecule has 0 aromatic heterocycles. The highest BCUT2D eigenvalue weighted by atomic mass is 32.2. The van der Waals surface area contributed by atoms with Crippen molar-refractivity contribution < 1.29 is 13.5 Å². The zero-order chi connectivity index (χ0) is 20.6. The maximum atomic E-state index is 12.8. The molecule has 6 heteroatoms. The minimum Gasteiger partial charge on any atom is -0.507 e. The van der Waals surface area contributed by atoms with E-state index in [1.165, 1.54) is 10.4 Å². The van der Waals surface area contributed by atoms with Crippen molar-refractivity contribution in [2.75, 3.05) is 13.1 Å². The van der Waals surface area contributed by atoms with Crippen LogP contribution in [0.4, 0.5) is 0 Å². The third kappa shape index (κ3) is 4.53. The monoisotopic (exact) mass is 390 g/mol. The van der Waals surface area contributed by atoms with Crippen LogP contribution in [0.5, 0.6) is 5.75 Å². The number of benzene rings is 1. The van der Waals surface area contributed by atoms with Crippen molar-refractivity contribution in [3.8, 4) is 11.8 Å². The Balaban J connectivity index is 2.66. The van der Waals surface area contributed by atoms with Crippen LogP contribution < -0.4 is 0 Å². The number of nitriles is 1. The van der Waals surface area contributed by atoms with Gasteiger partial charge in [0.2, 0.25) is 0 Å². The summed E-state index contributed by atoms with van der Waals surface area (Å²) in [6.07, 6.45) is 3.07. The number of aromatic hydroxyl groups is 1. The first-order chi connectivity index (χ1) is 12.3. The van der Waals surface area contributed by atoms with E-state index < -0.39 is 10.0 Å². The highest BCUT2D eigenvalue weighted by Crippen LogP contribution is 2.40. The van der Waals surface area contributed by atoms with Gasteiger partial charge in [-0.05, 0) is 47.4 Å². The molecule has 1 aromatic carbocycles. The van der Waals surface area contributed by atoms with Crippen LogP contribution in [0.1, 0.15) is 71.1 Å². The summed E-state index contributed by atoms with van der Waals surface area (Å²) in [5.74, 6) is 0.230. The molecule has 0 amide bonds. The molecule has 2 rings (SSSR count). The molecule has 0 aliphatic carbocycles. The lowest BCUT2D eigenvalue weighted by molar-refractivity contribution is 0.423. The first kappa shape index (κ1) is 21.5. The molecule has 0 spiro atoms. The molecule has 1 N–H and O–H groups in total. The lowest BCUT2D eigenvalue weighted by Crippen LogP contribution is -2.28. The molecule has 1 heterocycles. The van der Waals surface area contributed by atoms with Crippen LogP contribution in [0.2, 0.25) is 0 Å². The van der Waals surface area contributed by atoms with Crippen molar-refractivity contribution >= 4 is 16.1 Å². The van der Waals surface area contributed by atoms with Crippen LogP contribution in [0.15, 0.2) is 17.0 Å². The topological polar surface area (TPSA) is 81.4 Å². The van der Waals surface area contributed by atoms with Crippen LogP contribution in [-0.2, 0) is 20.9 Å². The Kier molecular flexibility index (Phi) is 5.79. The van der Waals surface area contributed by atoms with Crippen molar-refractivity contribution in [1.29, 1.82) is 5.26 Å². The number of nitrogens with zero attached hydrogens (tertiary/aromatic N) is 2. The molecular formula is C21H30N2O3S. The number of rotatable bonds is 3. The highest BCUT2D eigenvalue weighted by molar-refractivity contribution is 7.93. The van der Waals surface area contributed by atoms with Gasteiger partial charge in [-0.15, -0.1) is 0 Å². The summed E-state index contributed by atoms with van der Waals surface area (Å²) in [5, 5.41) is 20.3. The minimum absolute atomic E-state index is 0.230. The third-order valence-electron chi connectivity index (χ3n) is 4.84. The van der Waals surface area contributed by atoms with Gasteiger partial charge in [0.15, 0.2) is 4.91 Å². The fraction of sp³-hybridized carbons (Fsp3) is 0.571. The van der Waals surface area contributed by atoms with E-state index >= 15 is 0 Å². The molecule has 5 nitrogen and oxygen atoms in total. The van der Waals surface area contributed by atoms with E-state index in [9.17, 15) is 18.8 Å². The van der Waals surface area contributed by atoms with Gasteiger partial charge in [-0.3, -0.25) is 0 Å². The highest BCUT2D eigenvalue weighted by Gasteiger charge is 2.30. The van der Waals surface area contributed by atoms with Crippen molar-refractivity contribution in [2.45, 2.75) is 65.2 Å². The van der Waals surface area contributed by atoms with Crippen molar-refractivity contribution in [3.05, 3.63) is 33.7 Å². The summed E-state index contributed by atoms with van der Waals surface area (Å²) < 4.78 is 26.9. The molecule has 148 valence electrons. The second-order valence-corrected chi connectivity index (χ2v) is 11.1. The SMILES string of the molecule is CC(C)(C)c1cc(C=C(C#N)S(=O)(=O)N2CCCC2)cc(C(C)(C)C)c1O. The Morgan fingerprint density at radius 2 is 1.52 bits per heavy atom. The molecule has 0 saturated carbocycles. The van der Waals surface area contributed by atoms with Crippen LogP contribution in [0, 0.1) is 11.3 Å². The Bertz CT molecular complexity index is 854. The molecule has 1 fully saturated rings. The zero-order valence-electron chi connectivity index (χ0n) is 17.1. The van der Waals surface area contributed by atoms with Crippen molar-refractivity contribution in [2.24, 2.45) is 0 Å². The van der Waals surface area contributed by atoms with Crippen LogP contribution >= 0.6 is 0 Å². The Morgan fingerprint density at radius 3 is 1.89 bits per heavy atom. The van der Waals surface area contributed by atoms with Gasteiger partial charge in [0.1, 0.15) is 11.8 Å². The van der Waals surface area contributed by atoms with E-state index in [1.54, 1.807) is 12.1 Å². The van der Waals surface area contributed by atoms with Crippen molar-refractivity contribution in [1.82, 2.24) is 4.31 Å². The molecule has 0 radical (unpaired) electrons. The zero-order valence-corrected chi connectivity index (χ0v) is 17.9. The average molecular weight is 391 g/mol. The summed E-state index contributed by atoms with van der Waals surface area (Å²) in [6.45, 7) is 12.9. The fourth-order valence-electron chi connectivity index (χ4n) is 3.27. The molecule has 1 aliphatic heterocycles. The average Bonchev–Trinajstić information content (AvgIpc) is 3.06. The van der Waals surface area contributed by atoms with E-state index in [0.29, 0.717) is 18.7 Å². The van der Waals surface area contributed by atoms with Gasteiger partial charge >= 0.3 is 0 Å². The first-order valence-electron chi connectivity index (χ1n) is 9.28. The second-order valence-electron chi connectivity index (χ2n) is 9.20. The molecular weight excluding hydrogens is 360 g/mol. The smallest absolute Gasteiger partial charge is 0.253 e. The molecule has 0 atom stereocenters. The van der Waals surface area contributed by atoms with Gasteiger partial charge in [-0.1, -0.05) is 41.5 Å². The largest absolute Gasteiger partial charge is 0.507 e. The maximum absolute atomic E-state index is 12.8. The summed E-state index contributed by atoms with van der Waals surface area (Å²) in [7, 11) is -3.78. The van der Waals surface area contributed by atoms with Crippen LogP contribution in [0.3, 0.4) is 0 Å². The normalized spacial score (nSPS) is 17.1. The second kappa shape index (κ2) is 7.29. The quantitative estimate of drug-likeness (QED) is 0.781. The lowest BCUT2D eigenvalue weighted by Gasteiger charge is -2.28. The number of phenols is 1. The lowest BCUT2D eigenvalue weighted by atomic mass is 9.78. The maximum Gasteiger partial charge on any atom is 0.253 e. The number of allylic oxidation sites excluding steroid dienone is 1. The van der Waals surface area contributed by atoms with E-state index in [1.807, 2.05) is 47.6 Å². The van der Waals surface area contributed by atoms with Crippen LogP contribution in [0.25, 0.3) is 6.08 Å². The molecule has 0 unspecified atom stereocenters. The fourth-order valence-corrected chi connectivity index (χ4v) is 4.68. The van der Waals surface area contributed by atoms with Crippen molar-refractivity contribution in [3.63, 3.8) is 0 Å². The summed E-state index contributed by atoms with van der Waals surface area (Å²) >= 11 is 0. The number of sulfonamides is 1. The standard InChI is InChI=1S/C21H30N2O3S/c1-20(2,3)17-12-15(13-18(19(17)24)21(4,5)6)11-16(14-22)27(25,26)23-9-7-8-10-23/h11-13,24H,7-10H2,1-6H3. The van der Waals surface area contributed by atoms with Gasteiger partial charge in [0, 0.05) is 24.2 Å². The van der Waals surface area contributed by atoms with Gasteiger partial charge < -0.3 is 5.11 Å². The predicted molar refractivity (Wildman–Crippen MR) is 109 cm³/mol. The number of hydrogen-bond donors (Lipinski definition) is 1. The van der Waals surface area contributed by atoms with Crippen LogP contribution in [-0.4, -0.2) is 30.9 Å². The summed E-state index contributed by atoms with van der Waals surface area (Å²) in [4.78, 5) is -0.255. The summed E-state index contributed by atoms with van der Waals surface area (Å²) in [5.41, 5.74) is 1.43. The van der Waals surface area contributed by atoms with Gasteiger partial charge in [-0.25, -0.2) is 8.42 Å². The molecule has 27 heavy (non-hydrogen) atoms. The number of hydrogen-bond acceptors (Lipinski definition) is 4. The van der Waals surface area contributed by atoms with E-state index in [0.717, 1.165) is 24.0 Å². The van der Waals surface area contributed by atoms with E-state index in [-0.39, 0.29) is 21.5 Å². The van der Waals surface area contributed by atoms with E-state index in [4.69, 9.17) is 0 Å². The molecule has 0 bridgehead atoms. The minimum atomic E-state index is -3.78. The Hall–Kier alpha value is -1.84. The Labute approximate surface area is 163 Å². The summed E-state index contributed by atoms with van der Waals surface area (Å²) in [6, 6.07) is 5.43. The van der Waals surface area contributed by atoms with Gasteiger partial charge in [-0.2, -0.15) is 9.57 Å². The molecule has 1 aromatic rings. The predicted octanol–water partition coefficient (Wildman–Crippen LogP) is 4.28. The van der Waals surface area contributed by atoms with Gasteiger partial charge in [0.25, 0.3) is 10.0 Å².